The Morgan fingerprint density at radius 1 is 1.40 bits per heavy atom. The third-order valence-corrected chi connectivity index (χ3v) is 3.08. The maximum atomic E-state index is 5.13. The topological polar surface area (TPSA) is 0 Å². The molecular formula is C9H16S. The molecule has 0 aliphatic carbocycles. The fourth-order valence-corrected chi connectivity index (χ4v) is 1.49. The summed E-state index contributed by atoms with van der Waals surface area (Å²) in [7, 11) is 0. The van der Waals surface area contributed by atoms with Gasteiger partial charge in [-0.3, -0.25) is 0 Å². The van der Waals surface area contributed by atoms with E-state index in [0.29, 0.717) is 0 Å². The van der Waals surface area contributed by atoms with Crippen LogP contribution in [0.15, 0.2) is 0 Å². The second-order valence-electron chi connectivity index (χ2n) is 2.77. The van der Waals surface area contributed by atoms with Crippen LogP contribution < -0.4 is 0 Å². The number of thioether (sulfide) groups is 1. The van der Waals surface area contributed by atoms with Crippen molar-refractivity contribution in [2.75, 3.05) is 5.75 Å². The van der Waals surface area contributed by atoms with Gasteiger partial charge in [-0.25, -0.2) is 0 Å². The first-order valence-corrected chi connectivity index (χ1v) is 4.78. The van der Waals surface area contributed by atoms with E-state index in [4.69, 9.17) is 6.42 Å². The summed E-state index contributed by atoms with van der Waals surface area (Å²) in [6, 6.07) is 0. The molecule has 0 aromatic heterocycles. The van der Waals surface area contributed by atoms with E-state index in [1.165, 1.54) is 0 Å². The normalized spacial score (nSPS) is 13.1. The second kappa shape index (κ2) is 5.68. The highest BCUT2D eigenvalue weighted by Gasteiger charge is 2.05. The summed E-state index contributed by atoms with van der Waals surface area (Å²) in [6.07, 6.45) is 6.03. The molecule has 0 spiro atoms. The first-order chi connectivity index (χ1) is 4.68. The fourth-order valence-electron chi connectivity index (χ4n) is 0.496. The van der Waals surface area contributed by atoms with Crippen molar-refractivity contribution < 1.29 is 0 Å². The van der Waals surface area contributed by atoms with Crippen LogP contribution in [0.3, 0.4) is 0 Å². The number of terminal acetylenes is 1. The Hall–Kier alpha value is -0.0900. The number of hydrogen-bond acceptors (Lipinski definition) is 1. The maximum Gasteiger partial charge on any atom is 0.0177 e. The van der Waals surface area contributed by atoms with Crippen LogP contribution in [-0.2, 0) is 0 Å². The van der Waals surface area contributed by atoms with E-state index < -0.39 is 0 Å². The molecule has 0 aromatic carbocycles. The Morgan fingerprint density at radius 3 is 2.40 bits per heavy atom. The van der Waals surface area contributed by atoms with Gasteiger partial charge in [0.15, 0.2) is 0 Å². The van der Waals surface area contributed by atoms with Crippen LogP contribution in [0, 0.1) is 18.3 Å². The first-order valence-electron chi connectivity index (χ1n) is 3.73. The zero-order chi connectivity index (χ0) is 7.98. The molecule has 0 amide bonds. The van der Waals surface area contributed by atoms with Gasteiger partial charge in [0.05, 0.1) is 0 Å². The average molecular weight is 156 g/mol. The molecule has 0 saturated carbocycles. The van der Waals surface area contributed by atoms with E-state index in [1.807, 2.05) is 11.8 Å². The van der Waals surface area contributed by atoms with Gasteiger partial charge in [0.1, 0.15) is 0 Å². The lowest BCUT2D eigenvalue weighted by molar-refractivity contribution is 0.642. The van der Waals surface area contributed by atoms with Crippen molar-refractivity contribution in [3.8, 4) is 12.3 Å². The lowest BCUT2D eigenvalue weighted by Crippen LogP contribution is -2.05. The van der Waals surface area contributed by atoms with Crippen LogP contribution in [0.2, 0.25) is 0 Å². The van der Waals surface area contributed by atoms with E-state index in [-0.39, 0.29) is 0 Å². The van der Waals surface area contributed by atoms with E-state index in [0.717, 1.165) is 23.3 Å². The molecule has 58 valence electrons. The van der Waals surface area contributed by atoms with E-state index in [1.54, 1.807) is 0 Å². The largest absolute Gasteiger partial charge is 0.158 e. The minimum Gasteiger partial charge on any atom is -0.158 e. The molecule has 0 fully saturated rings. The molecule has 1 unspecified atom stereocenters. The Bertz CT molecular complexity index is 110. The minimum absolute atomic E-state index is 0.744. The maximum absolute atomic E-state index is 5.13. The Kier molecular flexibility index (Phi) is 5.63. The molecule has 0 N–H and O–H groups in total. The highest BCUT2D eigenvalue weighted by Crippen LogP contribution is 2.18. The van der Waals surface area contributed by atoms with Crippen LogP contribution in [-0.4, -0.2) is 11.0 Å². The summed E-state index contributed by atoms with van der Waals surface area (Å²) in [5, 5.41) is 0.744. The quantitative estimate of drug-likeness (QED) is 0.445. The minimum atomic E-state index is 0.744. The highest BCUT2D eigenvalue weighted by atomic mass is 32.2. The second-order valence-corrected chi connectivity index (χ2v) is 4.26. The van der Waals surface area contributed by atoms with E-state index >= 15 is 0 Å². The van der Waals surface area contributed by atoms with Crippen molar-refractivity contribution in [1.82, 2.24) is 0 Å². The van der Waals surface area contributed by atoms with Gasteiger partial charge in [0.25, 0.3) is 0 Å². The smallest absolute Gasteiger partial charge is 0.0177 e. The predicted molar refractivity (Wildman–Crippen MR) is 50.2 cm³/mol. The molecule has 0 aromatic rings. The van der Waals surface area contributed by atoms with Crippen molar-refractivity contribution in [2.45, 2.75) is 32.4 Å². The Labute approximate surface area is 68.8 Å². The van der Waals surface area contributed by atoms with Gasteiger partial charge in [-0.1, -0.05) is 20.8 Å². The number of hydrogen-bond donors (Lipinski definition) is 0. The van der Waals surface area contributed by atoms with Crippen molar-refractivity contribution in [3.63, 3.8) is 0 Å². The Morgan fingerprint density at radius 2 is 2.00 bits per heavy atom. The molecule has 0 nitrogen and oxygen atoms in total. The van der Waals surface area contributed by atoms with E-state index in [9.17, 15) is 0 Å². The molecule has 0 heterocycles. The molecule has 0 rings (SSSR count). The lowest BCUT2D eigenvalue weighted by Gasteiger charge is -2.13. The molecule has 0 saturated heterocycles. The molecule has 0 radical (unpaired) electrons. The van der Waals surface area contributed by atoms with Gasteiger partial charge in [0.2, 0.25) is 0 Å². The van der Waals surface area contributed by atoms with E-state index in [2.05, 4.69) is 26.7 Å². The molecule has 0 bridgehead atoms. The third kappa shape index (κ3) is 4.76. The molecule has 0 aliphatic rings. The monoisotopic (exact) mass is 156 g/mol. The summed E-state index contributed by atoms with van der Waals surface area (Å²) in [5.74, 6) is 4.51. The van der Waals surface area contributed by atoms with Gasteiger partial charge in [-0.05, 0) is 5.92 Å². The number of rotatable bonds is 4. The van der Waals surface area contributed by atoms with Gasteiger partial charge >= 0.3 is 0 Å². The molecule has 0 aliphatic heterocycles. The Balaban J connectivity index is 3.23. The molecular weight excluding hydrogens is 140 g/mol. The van der Waals surface area contributed by atoms with Gasteiger partial charge in [-0.2, -0.15) is 11.8 Å². The highest BCUT2D eigenvalue weighted by molar-refractivity contribution is 7.99. The van der Waals surface area contributed by atoms with Crippen molar-refractivity contribution in [2.24, 2.45) is 5.92 Å². The fraction of sp³-hybridized carbons (Fsp3) is 0.778. The zero-order valence-corrected chi connectivity index (χ0v) is 7.87. The van der Waals surface area contributed by atoms with Crippen LogP contribution in [0.1, 0.15) is 27.2 Å². The third-order valence-electron chi connectivity index (χ3n) is 1.57. The van der Waals surface area contributed by atoms with Crippen molar-refractivity contribution >= 4 is 11.8 Å². The SMILES string of the molecule is C#CCCSC(C)C(C)C. The molecule has 1 heteroatoms. The summed E-state index contributed by atoms with van der Waals surface area (Å²) in [5.41, 5.74) is 0. The summed E-state index contributed by atoms with van der Waals surface area (Å²) in [4.78, 5) is 0. The van der Waals surface area contributed by atoms with Gasteiger partial charge in [-0.15, -0.1) is 12.3 Å². The van der Waals surface area contributed by atoms with Crippen LogP contribution >= 0.6 is 11.8 Å². The van der Waals surface area contributed by atoms with Crippen LogP contribution in [0.5, 0.6) is 0 Å². The van der Waals surface area contributed by atoms with Gasteiger partial charge in [0, 0.05) is 17.4 Å². The summed E-state index contributed by atoms with van der Waals surface area (Å²) < 4.78 is 0. The lowest BCUT2D eigenvalue weighted by atomic mass is 10.2. The van der Waals surface area contributed by atoms with Crippen molar-refractivity contribution in [1.29, 1.82) is 0 Å². The zero-order valence-electron chi connectivity index (χ0n) is 7.05. The molecule has 10 heavy (non-hydrogen) atoms. The molecule has 1 atom stereocenters. The van der Waals surface area contributed by atoms with Crippen LogP contribution in [0.25, 0.3) is 0 Å². The van der Waals surface area contributed by atoms with Gasteiger partial charge < -0.3 is 0 Å². The predicted octanol–water partition coefficient (Wildman–Crippen LogP) is 2.79. The van der Waals surface area contributed by atoms with Crippen molar-refractivity contribution in [3.05, 3.63) is 0 Å². The summed E-state index contributed by atoms with van der Waals surface area (Å²) >= 11 is 1.97. The first kappa shape index (κ1) is 9.91. The van der Waals surface area contributed by atoms with Crippen LogP contribution in [0.4, 0.5) is 0 Å². The standard InChI is InChI=1S/C9H16S/c1-5-6-7-10-9(4)8(2)3/h1,8-9H,6-7H2,2-4H3. The average Bonchev–Trinajstić information content (AvgIpc) is 1.88. The summed E-state index contributed by atoms with van der Waals surface area (Å²) in [6.45, 7) is 6.74.